The molecule has 0 radical (unpaired) electrons. The molecule has 132 valence electrons. The van der Waals surface area contributed by atoms with Crippen LogP contribution in [0.25, 0.3) is 0 Å². The molecule has 2 rings (SSSR count). The molecule has 0 bridgehead atoms. The smallest absolute Gasteiger partial charge is 0.409 e. The number of benzene rings is 1. The Morgan fingerprint density at radius 3 is 2.50 bits per heavy atom. The molecule has 0 saturated carbocycles. The molecule has 1 aliphatic rings. The number of piperidine rings is 1. The first-order valence-corrected chi connectivity index (χ1v) is 8.76. The van der Waals surface area contributed by atoms with E-state index < -0.39 is 6.09 Å². The molecule has 1 saturated heterocycles. The summed E-state index contributed by atoms with van der Waals surface area (Å²) in [6, 6.07) is 5.83. The Labute approximate surface area is 144 Å². The standard InChI is InChI=1S/C19H28N2O3/c1-5-20(4)19(23)24-18-13-16(9-10-17(18)15(3)22)14(2)21-11-7-6-8-12-21/h9-10,13-14H,5-8,11-12H2,1-4H3. The maximum absolute atomic E-state index is 12.1. The third-order valence-corrected chi connectivity index (χ3v) is 4.79. The van der Waals surface area contributed by atoms with Gasteiger partial charge in [-0.05, 0) is 64.4 Å². The Morgan fingerprint density at radius 1 is 1.25 bits per heavy atom. The van der Waals surface area contributed by atoms with E-state index in [9.17, 15) is 9.59 Å². The maximum Gasteiger partial charge on any atom is 0.414 e. The fourth-order valence-corrected chi connectivity index (χ4v) is 2.99. The zero-order valence-corrected chi connectivity index (χ0v) is 15.2. The summed E-state index contributed by atoms with van der Waals surface area (Å²) >= 11 is 0. The summed E-state index contributed by atoms with van der Waals surface area (Å²) in [6.07, 6.45) is 3.29. The Kier molecular flexibility index (Phi) is 6.37. The van der Waals surface area contributed by atoms with Crippen LogP contribution in [0.15, 0.2) is 18.2 Å². The molecule has 1 aromatic carbocycles. The molecular weight excluding hydrogens is 304 g/mol. The van der Waals surface area contributed by atoms with Gasteiger partial charge in [0.15, 0.2) is 5.78 Å². The van der Waals surface area contributed by atoms with Gasteiger partial charge in [0.1, 0.15) is 5.75 Å². The Bertz CT molecular complexity index is 594. The van der Waals surface area contributed by atoms with Crippen molar-refractivity contribution in [2.24, 2.45) is 0 Å². The van der Waals surface area contributed by atoms with E-state index in [1.165, 1.54) is 31.1 Å². The molecule has 1 atom stereocenters. The number of hydrogen-bond donors (Lipinski definition) is 0. The molecule has 1 fully saturated rings. The monoisotopic (exact) mass is 332 g/mol. The molecule has 0 spiro atoms. The van der Waals surface area contributed by atoms with E-state index >= 15 is 0 Å². The molecule has 5 nitrogen and oxygen atoms in total. The number of ether oxygens (including phenoxy) is 1. The van der Waals surface area contributed by atoms with Crippen LogP contribution >= 0.6 is 0 Å². The number of rotatable bonds is 5. The fourth-order valence-electron chi connectivity index (χ4n) is 2.99. The van der Waals surface area contributed by atoms with Gasteiger partial charge < -0.3 is 9.64 Å². The van der Waals surface area contributed by atoms with Gasteiger partial charge in [0.2, 0.25) is 0 Å². The zero-order valence-electron chi connectivity index (χ0n) is 15.2. The second-order valence-corrected chi connectivity index (χ2v) is 6.47. The van der Waals surface area contributed by atoms with Crippen molar-refractivity contribution in [3.63, 3.8) is 0 Å². The van der Waals surface area contributed by atoms with Crippen molar-refractivity contribution in [1.29, 1.82) is 0 Å². The lowest BCUT2D eigenvalue weighted by Gasteiger charge is -2.32. The van der Waals surface area contributed by atoms with E-state index in [0.717, 1.165) is 18.7 Å². The average molecular weight is 332 g/mol. The van der Waals surface area contributed by atoms with Crippen molar-refractivity contribution in [2.45, 2.75) is 46.1 Å². The van der Waals surface area contributed by atoms with Crippen LogP contribution in [0.4, 0.5) is 4.79 Å². The van der Waals surface area contributed by atoms with Crippen molar-refractivity contribution in [1.82, 2.24) is 9.80 Å². The van der Waals surface area contributed by atoms with E-state index in [1.54, 1.807) is 13.1 Å². The van der Waals surface area contributed by atoms with E-state index in [4.69, 9.17) is 4.74 Å². The SMILES string of the molecule is CCN(C)C(=O)Oc1cc(C(C)N2CCCCC2)ccc1C(C)=O. The minimum Gasteiger partial charge on any atom is -0.409 e. The van der Waals surface area contributed by atoms with Gasteiger partial charge in [0.05, 0.1) is 5.56 Å². The summed E-state index contributed by atoms with van der Waals surface area (Å²) in [6.45, 7) is 8.26. The minimum atomic E-state index is -0.442. The molecule has 5 heteroatoms. The van der Waals surface area contributed by atoms with Gasteiger partial charge in [-0.15, -0.1) is 0 Å². The van der Waals surface area contributed by atoms with Crippen LogP contribution in [-0.4, -0.2) is 48.4 Å². The topological polar surface area (TPSA) is 49.9 Å². The highest BCUT2D eigenvalue weighted by Crippen LogP contribution is 2.29. The van der Waals surface area contributed by atoms with Crippen molar-refractivity contribution >= 4 is 11.9 Å². The Morgan fingerprint density at radius 2 is 1.92 bits per heavy atom. The van der Waals surface area contributed by atoms with Crippen molar-refractivity contribution in [3.8, 4) is 5.75 Å². The highest BCUT2D eigenvalue weighted by Gasteiger charge is 2.21. The number of amides is 1. The number of nitrogens with zero attached hydrogens (tertiary/aromatic N) is 2. The first kappa shape index (κ1) is 18.5. The molecule has 0 N–H and O–H groups in total. The lowest BCUT2D eigenvalue weighted by molar-refractivity contribution is 0.101. The van der Waals surface area contributed by atoms with E-state index in [1.807, 2.05) is 19.1 Å². The van der Waals surface area contributed by atoms with Crippen LogP contribution in [0.5, 0.6) is 5.75 Å². The van der Waals surface area contributed by atoms with Crippen molar-refractivity contribution < 1.29 is 14.3 Å². The maximum atomic E-state index is 12.1. The third-order valence-electron chi connectivity index (χ3n) is 4.79. The van der Waals surface area contributed by atoms with Crippen LogP contribution in [0, 0.1) is 0 Å². The van der Waals surface area contributed by atoms with Crippen LogP contribution in [0.3, 0.4) is 0 Å². The summed E-state index contributed by atoms with van der Waals surface area (Å²) in [7, 11) is 1.68. The summed E-state index contributed by atoms with van der Waals surface area (Å²) in [5.74, 6) is 0.253. The predicted octanol–water partition coefficient (Wildman–Crippen LogP) is 3.89. The summed E-state index contributed by atoms with van der Waals surface area (Å²) < 4.78 is 5.49. The molecule has 1 amide bonds. The highest BCUT2D eigenvalue weighted by molar-refractivity contribution is 5.97. The van der Waals surface area contributed by atoms with Gasteiger partial charge in [-0.25, -0.2) is 4.79 Å². The summed E-state index contributed by atoms with van der Waals surface area (Å²) in [4.78, 5) is 27.9. The molecule has 0 aromatic heterocycles. The van der Waals surface area contributed by atoms with E-state index in [0.29, 0.717) is 17.9 Å². The first-order valence-electron chi connectivity index (χ1n) is 8.76. The molecule has 1 unspecified atom stereocenters. The molecule has 24 heavy (non-hydrogen) atoms. The highest BCUT2D eigenvalue weighted by atomic mass is 16.6. The second-order valence-electron chi connectivity index (χ2n) is 6.47. The van der Waals surface area contributed by atoms with Gasteiger partial charge in [-0.1, -0.05) is 12.5 Å². The number of carbonyl (C=O) groups is 2. The average Bonchev–Trinajstić information content (AvgIpc) is 2.60. The van der Waals surface area contributed by atoms with Gasteiger partial charge in [-0.2, -0.15) is 0 Å². The molecular formula is C19H28N2O3. The summed E-state index contributed by atoms with van der Waals surface area (Å²) in [5, 5.41) is 0. The van der Waals surface area contributed by atoms with Gasteiger partial charge >= 0.3 is 6.09 Å². The van der Waals surface area contributed by atoms with Crippen LogP contribution < -0.4 is 4.74 Å². The van der Waals surface area contributed by atoms with Crippen molar-refractivity contribution in [3.05, 3.63) is 29.3 Å². The van der Waals surface area contributed by atoms with Crippen LogP contribution in [-0.2, 0) is 0 Å². The minimum absolute atomic E-state index is 0.103. The quantitative estimate of drug-likeness (QED) is 0.768. The number of ketones is 1. The zero-order chi connectivity index (χ0) is 17.7. The Hall–Kier alpha value is -1.88. The fraction of sp³-hybridized carbons (Fsp3) is 0.579. The molecule has 1 aliphatic heterocycles. The Balaban J connectivity index is 2.26. The van der Waals surface area contributed by atoms with E-state index in [2.05, 4.69) is 11.8 Å². The molecule has 1 aromatic rings. The first-order chi connectivity index (χ1) is 11.4. The lowest BCUT2D eigenvalue weighted by Crippen LogP contribution is -2.32. The normalized spacial score (nSPS) is 16.5. The van der Waals surface area contributed by atoms with Crippen LogP contribution in [0.2, 0.25) is 0 Å². The lowest BCUT2D eigenvalue weighted by atomic mass is 10.00. The number of hydrogen-bond acceptors (Lipinski definition) is 4. The number of likely N-dealkylation sites (tertiary alicyclic amines) is 1. The third kappa shape index (κ3) is 4.35. The number of Topliss-reactive ketones (excluding diaryl/α,β-unsaturated/α-hetero) is 1. The van der Waals surface area contributed by atoms with E-state index in [-0.39, 0.29) is 11.8 Å². The number of carbonyl (C=O) groups excluding carboxylic acids is 2. The van der Waals surface area contributed by atoms with Gasteiger partial charge in [0, 0.05) is 19.6 Å². The van der Waals surface area contributed by atoms with Gasteiger partial charge in [0.25, 0.3) is 0 Å². The molecule has 0 aliphatic carbocycles. The largest absolute Gasteiger partial charge is 0.414 e. The summed E-state index contributed by atoms with van der Waals surface area (Å²) in [5.41, 5.74) is 1.52. The molecule has 1 heterocycles. The van der Waals surface area contributed by atoms with Crippen molar-refractivity contribution in [2.75, 3.05) is 26.7 Å². The van der Waals surface area contributed by atoms with Gasteiger partial charge in [-0.3, -0.25) is 9.69 Å². The van der Waals surface area contributed by atoms with Crippen LogP contribution in [0.1, 0.15) is 62.0 Å². The second kappa shape index (κ2) is 8.29. The predicted molar refractivity (Wildman–Crippen MR) is 94.6 cm³/mol.